The molecule has 0 aliphatic carbocycles. The molecule has 0 unspecified atom stereocenters. The molecule has 32 heavy (non-hydrogen) atoms. The van der Waals surface area contributed by atoms with Gasteiger partial charge in [0.2, 0.25) is 5.91 Å². The second-order valence-electron chi connectivity index (χ2n) is 7.39. The van der Waals surface area contributed by atoms with E-state index in [9.17, 15) is 9.59 Å². The van der Waals surface area contributed by atoms with E-state index in [2.05, 4.69) is 15.9 Å². The van der Waals surface area contributed by atoms with Crippen molar-refractivity contribution in [2.75, 3.05) is 26.8 Å². The fourth-order valence-electron chi connectivity index (χ4n) is 3.32. The molecular weight excluding hydrogens is 488 g/mol. The molecule has 7 heteroatoms. The van der Waals surface area contributed by atoms with Gasteiger partial charge in [-0.2, -0.15) is 0 Å². The highest BCUT2D eigenvalue weighted by atomic mass is 79.9. The highest BCUT2D eigenvalue weighted by Crippen LogP contribution is 2.17. The second kappa shape index (κ2) is 12.5. The summed E-state index contributed by atoms with van der Waals surface area (Å²) >= 11 is 5.02. The number of amides is 2. The quantitative estimate of drug-likeness (QED) is 0.329. The molecule has 0 spiro atoms. The molecule has 0 saturated heterocycles. The van der Waals surface area contributed by atoms with Crippen molar-refractivity contribution in [3.63, 3.8) is 0 Å². The zero-order chi connectivity index (χ0) is 22.8. The lowest BCUT2D eigenvalue weighted by molar-refractivity contribution is -0.133. The molecular formula is C25H27BrN2O3S. The van der Waals surface area contributed by atoms with E-state index in [0.29, 0.717) is 38.2 Å². The monoisotopic (exact) mass is 514 g/mol. The number of halogens is 1. The normalized spacial score (nSPS) is 10.7. The van der Waals surface area contributed by atoms with E-state index in [4.69, 9.17) is 4.74 Å². The highest BCUT2D eigenvalue weighted by molar-refractivity contribution is 9.10. The van der Waals surface area contributed by atoms with Crippen molar-refractivity contribution in [2.24, 2.45) is 0 Å². The SMILES string of the molecule is COCCCN(CC(=O)N(Cc1ccccc1)Cc1cccs1)C(=O)c1ccc(Br)cc1. The van der Waals surface area contributed by atoms with Crippen LogP contribution in [0.25, 0.3) is 0 Å². The van der Waals surface area contributed by atoms with E-state index in [1.807, 2.05) is 64.9 Å². The maximum atomic E-state index is 13.4. The number of benzene rings is 2. The number of hydrogen-bond donors (Lipinski definition) is 0. The maximum absolute atomic E-state index is 13.4. The van der Waals surface area contributed by atoms with Crippen LogP contribution in [0, 0.1) is 0 Å². The lowest BCUT2D eigenvalue weighted by atomic mass is 10.2. The van der Waals surface area contributed by atoms with Crippen molar-refractivity contribution in [2.45, 2.75) is 19.5 Å². The number of rotatable bonds is 11. The molecule has 0 saturated carbocycles. The van der Waals surface area contributed by atoms with Crippen molar-refractivity contribution in [3.05, 3.63) is 92.6 Å². The summed E-state index contributed by atoms with van der Waals surface area (Å²) in [6, 6.07) is 21.1. The molecule has 0 radical (unpaired) electrons. The summed E-state index contributed by atoms with van der Waals surface area (Å²) in [5.41, 5.74) is 1.62. The smallest absolute Gasteiger partial charge is 0.254 e. The largest absolute Gasteiger partial charge is 0.385 e. The van der Waals surface area contributed by atoms with Crippen LogP contribution in [0.2, 0.25) is 0 Å². The fourth-order valence-corrected chi connectivity index (χ4v) is 4.30. The molecule has 2 amide bonds. The predicted octanol–water partition coefficient (Wildman–Crippen LogP) is 5.22. The van der Waals surface area contributed by atoms with Gasteiger partial charge in [-0.15, -0.1) is 11.3 Å². The molecule has 5 nitrogen and oxygen atoms in total. The van der Waals surface area contributed by atoms with Crippen molar-refractivity contribution in [1.82, 2.24) is 9.80 Å². The van der Waals surface area contributed by atoms with Crippen LogP contribution in [0.3, 0.4) is 0 Å². The molecule has 0 bridgehead atoms. The molecule has 3 aromatic rings. The van der Waals surface area contributed by atoms with Crippen LogP contribution in [-0.4, -0.2) is 48.4 Å². The minimum absolute atomic E-state index is 0.0246. The van der Waals surface area contributed by atoms with Gasteiger partial charge in [-0.25, -0.2) is 0 Å². The van der Waals surface area contributed by atoms with E-state index < -0.39 is 0 Å². The zero-order valence-electron chi connectivity index (χ0n) is 18.1. The number of carbonyl (C=O) groups is 2. The Morgan fingerprint density at radius 2 is 1.69 bits per heavy atom. The number of nitrogens with zero attached hydrogens (tertiary/aromatic N) is 2. The third-order valence-corrected chi connectivity index (χ3v) is 6.37. The Hall–Kier alpha value is -2.48. The minimum atomic E-state index is -0.155. The number of ether oxygens (including phenoxy) is 1. The molecule has 0 aliphatic heterocycles. The van der Waals surface area contributed by atoms with Gasteiger partial charge in [0.1, 0.15) is 6.54 Å². The van der Waals surface area contributed by atoms with Crippen molar-refractivity contribution in [3.8, 4) is 0 Å². The Morgan fingerprint density at radius 3 is 2.34 bits per heavy atom. The Bertz CT molecular complexity index is 978. The molecule has 2 aromatic carbocycles. The number of hydrogen-bond acceptors (Lipinski definition) is 4. The molecule has 3 rings (SSSR count). The van der Waals surface area contributed by atoms with Gasteiger partial charge in [0.25, 0.3) is 5.91 Å². The Morgan fingerprint density at radius 1 is 0.938 bits per heavy atom. The highest BCUT2D eigenvalue weighted by Gasteiger charge is 2.23. The van der Waals surface area contributed by atoms with Gasteiger partial charge in [0, 0.05) is 41.7 Å². The van der Waals surface area contributed by atoms with Gasteiger partial charge < -0.3 is 14.5 Å². The van der Waals surface area contributed by atoms with Gasteiger partial charge in [0.15, 0.2) is 0 Å². The summed E-state index contributed by atoms with van der Waals surface area (Å²) in [6.07, 6.45) is 0.662. The first-order valence-electron chi connectivity index (χ1n) is 10.4. The third kappa shape index (κ3) is 7.29. The van der Waals surface area contributed by atoms with Crippen LogP contribution < -0.4 is 0 Å². The van der Waals surface area contributed by atoms with Crippen LogP contribution in [-0.2, 0) is 22.6 Å². The van der Waals surface area contributed by atoms with Crippen molar-refractivity contribution >= 4 is 39.1 Å². The van der Waals surface area contributed by atoms with E-state index in [1.54, 1.807) is 35.5 Å². The molecule has 1 aromatic heterocycles. The van der Waals surface area contributed by atoms with Crippen LogP contribution in [0.5, 0.6) is 0 Å². The first-order valence-corrected chi connectivity index (χ1v) is 12.1. The number of thiophene rings is 1. The summed E-state index contributed by atoms with van der Waals surface area (Å²) in [5, 5.41) is 2.01. The van der Waals surface area contributed by atoms with Gasteiger partial charge >= 0.3 is 0 Å². The predicted molar refractivity (Wildman–Crippen MR) is 132 cm³/mol. The van der Waals surface area contributed by atoms with Gasteiger partial charge in [-0.3, -0.25) is 9.59 Å². The van der Waals surface area contributed by atoms with Crippen molar-refractivity contribution < 1.29 is 14.3 Å². The molecule has 0 fully saturated rings. The minimum Gasteiger partial charge on any atom is -0.385 e. The van der Waals surface area contributed by atoms with E-state index in [-0.39, 0.29) is 18.4 Å². The van der Waals surface area contributed by atoms with E-state index in [0.717, 1.165) is 14.9 Å². The lowest BCUT2D eigenvalue weighted by Gasteiger charge is -2.28. The molecule has 0 N–H and O–H groups in total. The van der Waals surface area contributed by atoms with E-state index >= 15 is 0 Å². The average molecular weight is 515 g/mol. The summed E-state index contributed by atoms with van der Waals surface area (Å²) in [5.74, 6) is -0.233. The first-order chi connectivity index (χ1) is 15.6. The van der Waals surface area contributed by atoms with Crippen LogP contribution in [0.1, 0.15) is 27.2 Å². The summed E-state index contributed by atoms with van der Waals surface area (Å²) in [7, 11) is 1.63. The van der Waals surface area contributed by atoms with E-state index in [1.165, 1.54) is 0 Å². The molecule has 168 valence electrons. The average Bonchev–Trinajstić information content (AvgIpc) is 3.32. The van der Waals surface area contributed by atoms with Gasteiger partial charge in [-0.1, -0.05) is 52.3 Å². The first kappa shape index (κ1) is 24.2. The Labute approximate surface area is 201 Å². The topological polar surface area (TPSA) is 49.9 Å². The summed E-state index contributed by atoms with van der Waals surface area (Å²) < 4.78 is 6.06. The molecule has 1 heterocycles. The number of methoxy groups -OCH3 is 1. The summed E-state index contributed by atoms with van der Waals surface area (Å²) in [4.78, 5) is 31.1. The third-order valence-electron chi connectivity index (χ3n) is 4.98. The second-order valence-corrected chi connectivity index (χ2v) is 9.34. The Kier molecular flexibility index (Phi) is 9.46. The van der Waals surface area contributed by atoms with Gasteiger partial charge in [0.05, 0.1) is 6.54 Å². The number of carbonyl (C=O) groups excluding carboxylic acids is 2. The standard InChI is InChI=1S/C25H27BrN2O3S/c1-31-15-6-14-27(25(30)21-10-12-22(26)13-11-21)19-24(29)28(18-23-9-5-16-32-23)17-20-7-3-2-4-8-20/h2-5,7-13,16H,6,14-15,17-19H2,1H3. The van der Waals surface area contributed by atoms with Crippen LogP contribution in [0.15, 0.2) is 76.6 Å². The zero-order valence-corrected chi connectivity index (χ0v) is 20.5. The van der Waals surface area contributed by atoms with Crippen LogP contribution >= 0.6 is 27.3 Å². The fraction of sp³-hybridized carbons (Fsp3) is 0.280. The van der Waals surface area contributed by atoms with Crippen molar-refractivity contribution in [1.29, 1.82) is 0 Å². The van der Waals surface area contributed by atoms with Crippen LogP contribution in [0.4, 0.5) is 0 Å². The summed E-state index contributed by atoms with van der Waals surface area (Å²) in [6.45, 7) is 2.02. The van der Waals surface area contributed by atoms with Gasteiger partial charge in [-0.05, 0) is 47.7 Å². The molecule has 0 atom stereocenters. The lowest BCUT2D eigenvalue weighted by Crippen LogP contribution is -2.43. The Balaban J connectivity index is 1.77. The maximum Gasteiger partial charge on any atom is 0.254 e. The molecule has 0 aliphatic rings.